The van der Waals surface area contributed by atoms with Crippen molar-refractivity contribution < 1.29 is 27.4 Å². The molecule has 2 heterocycles. The fourth-order valence-electron chi connectivity index (χ4n) is 3.46. The summed E-state index contributed by atoms with van der Waals surface area (Å²) in [4.78, 5) is 17.4. The standard InChI is InChI=1S/C23H25F3N2O3/c1-6-14-12-17-19(21(31-13(3)4)20(28(17)5)22(29)30-7-2)27-18(14)15-8-10-16(11-9-15)23(24,25)26/h8-13H,6-7H2,1-5H3. The molecule has 0 bridgehead atoms. The minimum Gasteiger partial charge on any atom is -0.486 e. The number of hydrogen-bond donors (Lipinski definition) is 0. The number of halogens is 3. The van der Waals surface area contributed by atoms with Gasteiger partial charge in [0.1, 0.15) is 5.52 Å². The van der Waals surface area contributed by atoms with Gasteiger partial charge < -0.3 is 14.0 Å². The van der Waals surface area contributed by atoms with Crippen LogP contribution in [-0.2, 0) is 24.4 Å². The van der Waals surface area contributed by atoms with Crippen LogP contribution in [0.4, 0.5) is 13.2 Å². The van der Waals surface area contributed by atoms with E-state index in [1.807, 2.05) is 26.8 Å². The van der Waals surface area contributed by atoms with Crippen LogP contribution in [0.2, 0.25) is 0 Å². The molecule has 0 spiro atoms. The first kappa shape index (κ1) is 22.7. The summed E-state index contributed by atoms with van der Waals surface area (Å²) in [5, 5.41) is 0. The molecule has 0 atom stereocenters. The lowest BCUT2D eigenvalue weighted by Crippen LogP contribution is -2.14. The smallest absolute Gasteiger partial charge is 0.416 e. The van der Waals surface area contributed by atoms with E-state index >= 15 is 0 Å². The molecule has 0 aliphatic heterocycles. The lowest BCUT2D eigenvalue weighted by Gasteiger charge is -2.12. The molecule has 0 saturated carbocycles. The highest BCUT2D eigenvalue weighted by Gasteiger charge is 2.30. The molecule has 0 radical (unpaired) electrons. The van der Waals surface area contributed by atoms with Gasteiger partial charge in [0.25, 0.3) is 0 Å². The Balaban J connectivity index is 2.25. The molecule has 166 valence electrons. The number of hydrogen-bond acceptors (Lipinski definition) is 4. The summed E-state index contributed by atoms with van der Waals surface area (Å²) in [6.07, 6.45) is -4.02. The Morgan fingerprint density at radius 1 is 1.16 bits per heavy atom. The molecule has 0 amide bonds. The fraction of sp³-hybridized carbons (Fsp3) is 0.391. The maximum Gasteiger partial charge on any atom is 0.416 e. The van der Waals surface area contributed by atoms with E-state index in [0.29, 0.717) is 34.5 Å². The van der Waals surface area contributed by atoms with Crippen LogP contribution in [0.15, 0.2) is 30.3 Å². The van der Waals surface area contributed by atoms with E-state index in [9.17, 15) is 18.0 Å². The minimum atomic E-state index is -4.41. The molecule has 3 rings (SSSR count). The Morgan fingerprint density at radius 3 is 2.32 bits per heavy atom. The van der Waals surface area contributed by atoms with Gasteiger partial charge in [-0.1, -0.05) is 19.1 Å². The van der Waals surface area contributed by atoms with Crippen molar-refractivity contribution in [2.24, 2.45) is 7.05 Å². The average molecular weight is 434 g/mol. The number of carbonyl (C=O) groups excluding carboxylic acids is 1. The Labute approximate surface area is 178 Å². The molecular formula is C23H25F3N2O3. The summed E-state index contributed by atoms with van der Waals surface area (Å²) in [5.41, 5.74) is 2.65. The van der Waals surface area contributed by atoms with Crippen LogP contribution < -0.4 is 4.74 Å². The summed E-state index contributed by atoms with van der Waals surface area (Å²) in [6, 6.07) is 6.80. The van der Waals surface area contributed by atoms with Crippen molar-refractivity contribution in [3.63, 3.8) is 0 Å². The summed E-state index contributed by atoms with van der Waals surface area (Å²) in [6.45, 7) is 7.55. The van der Waals surface area contributed by atoms with Gasteiger partial charge in [-0.3, -0.25) is 0 Å². The topological polar surface area (TPSA) is 53.4 Å². The van der Waals surface area contributed by atoms with Crippen molar-refractivity contribution in [2.75, 3.05) is 6.61 Å². The maximum absolute atomic E-state index is 13.0. The third-order valence-electron chi connectivity index (χ3n) is 4.90. The molecule has 0 fully saturated rings. The predicted octanol–water partition coefficient (Wildman–Crippen LogP) is 5.79. The van der Waals surface area contributed by atoms with Crippen LogP contribution in [-0.4, -0.2) is 28.2 Å². The largest absolute Gasteiger partial charge is 0.486 e. The number of nitrogens with zero attached hydrogens (tertiary/aromatic N) is 2. The molecule has 0 N–H and O–H groups in total. The Kier molecular flexibility index (Phi) is 6.29. The Hall–Kier alpha value is -3.03. The number of esters is 1. The number of ether oxygens (including phenoxy) is 2. The van der Waals surface area contributed by atoms with Gasteiger partial charge in [-0.15, -0.1) is 0 Å². The zero-order valence-electron chi connectivity index (χ0n) is 18.1. The second-order valence-corrected chi connectivity index (χ2v) is 7.42. The number of aryl methyl sites for hydroxylation is 2. The molecule has 0 unspecified atom stereocenters. The third-order valence-corrected chi connectivity index (χ3v) is 4.90. The molecule has 0 saturated heterocycles. The molecule has 0 aliphatic rings. The second-order valence-electron chi connectivity index (χ2n) is 7.42. The lowest BCUT2D eigenvalue weighted by molar-refractivity contribution is -0.137. The number of alkyl halides is 3. The van der Waals surface area contributed by atoms with E-state index in [-0.39, 0.29) is 18.4 Å². The molecule has 0 aliphatic carbocycles. The molecule has 5 nitrogen and oxygen atoms in total. The summed E-state index contributed by atoms with van der Waals surface area (Å²) >= 11 is 0. The quantitative estimate of drug-likeness (QED) is 0.461. The van der Waals surface area contributed by atoms with Gasteiger partial charge in [0.2, 0.25) is 0 Å². The van der Waals surface area contributed by atoms with Gasteiger partial charge >= 0.3 is 12.1 Å². The van der Waals surface area contributed by atoms with E-state index in [1.54, 1.807) is 18.5 Å². The van der Waals surface area contributed by atoms with Crippen LogP contribution in [0.1, 0.15) is 49.3 Å². The van der Waals surface area contributed by atoms with Crippen molar-refractivity contribution in [2.45, 2.75) is 46.4 Å². The molecule has 1 aromatic carbocycles. The summed E-state index contributed by atoms with van der Waals surface area (Å²) < 4.78 is 51.7. The highest BCUT2D eigenvalue weighted by atomic mass is 19.4. The Morgan fingerprint density at radius 2 is 1.81 bits per heavy atom. The fourth-order valence-corrected chi connectivity index (χ4v) is 3.46. The number of fused-ring (bicyclic) bond motifs is 1. The second kappa shape index (κ2) is 8.61. The van der Waals surface area contributed by atoms with Gasteiger partial charge in [-0.2, -0.15) is 13.2 Å². The van der Waals surface area contributed by atoms with Crippen LogP contribution in [0.3, 0.4) is 0 Å². The van der Waals surface area contributed by atoms with E-state index in [0.717, 1.165) is 17.7 Å². The number of benzene rings is 1. The van der Waals surface area contributed by atoms with E-state index < -0.39 is 17.7 Å². The summed E-state index contributed by atoms with van der Waals surface area (Å²) in [5.74, 6) is -0.213. The first-order valence-corrected chi connectivity index (χ1v) is 10.1. The van der Waals surface area contributed by atoms with Crippen molar-refractivity contribution in [3.05, 3.63) is 47.2 Å². The highest BCUT2D eigenvalue weighted by Crippen LogP contribution is 2.37. The van der Waals surface area contributed by atoms with E-state index in [2.05, 4.69) is 0 Å². The number of carbonyl (C=O) groups is 1. The van der Waals surface area contributed by atoms with Crippen LogP contribution >= 0.6 is 0 Å². The predicted molar refractivity (Wildman–Crippen MR) is 112 cm³/mol. The zero-order chi connectivity index (χ0) is 22.9. The SMILES string of the molecule is CCOC(=O)c1c(OC(C)C)c2nc(-c3ccc(C(F)(F)F)cc3)c(CC)cc2n1C. The van der Waals surface area contributed by atoms with Crippen LogP contribution in [0, 0.1) is 0 Å². The van der Waals surface area contributed by atoms with Gasteiger partial charge in [0.15, 0.2) is 11.4 Å². The zero-order valence-corrected chi connectivity index (χ0v) is 18.1. The number of pyridine rings is 1. The van der Waals surface area contributed by atoms with E-state index in [1.165, 1.54) is 12.1 Å². The minimum absolute atomic E-state index is 0.214. The number of aromatic nitrogens is 2. The molecule has 2 aromatic heterocycles. The third kappa shape index (κ3) is 4.38. The lowest BCUT2D eigenvalue weighted by atomic mass is 10.0. The van der Waals surface area contributed by atoms with Crippen molar-refractivity contribution in [3.8, 4) is 17.0 Å². The average Bonchev–Trinajstić information content (AvgIpc) is 2.97. The van der Waals surface area contributed by atoms with Crippen molar-refractivity contribution in [1.29, 1.82) is 0 Å². The van der Waals surface area contributed by atoms with Gasteiger partial charge in [-0.25, -0.2) is 9.78 Å². The Bertz CT molecular complexity index is 1100. The van der Waals surface area contributed by atoms with Crippen molar-refractivity contribution >= 4 is 17.0 Å². The molecule has 31 heavy (non-hydrogen) atoms. The first-order valence-electron chi connectivity index (χ1n) is 10.1. The number of rotatable bonds is 6. The van der Waals surface area contributed by atoms with Crippen LogP contribution in [0.25, 0.3) is 22.3 Å². The van der Waals surface area contributed by atoms with Gasteiger partial charge in [0, 0.05) is 12.6 Å². The maximum atomic E-state index is 13.0. The van der Waals surface area contributed by atoms with Gasteiger partial charge in [0.05, 0.1) is 29.5 Å². The van der Waals surface area contributed by atoms with E-state index in [4.69, 9.17) is 14.5 Å². The first-order chi connectivity index (χ1) is 14.6. The molecular weight excluding hydrogens is 409 g/mol. The van der Waals surface area contributed by atoms with Crippen LogP contribution in [0.5, 0.6) is 5.75 Å². The molecule has 3 aromatic rings. The molecule has 8 heteroatoms. The monoisotopic (exact) mass is 434 g/mol. The highest BCUT2D eigenvalue weighted by molar-refractivity contribution is 6.01. The van der Waals surface area contributed by atoms with Crippen molar-refractivity contribution in [1.82, 2.24) is 9.55 Å². The van der Waals surface area contributed by atoms with Gasteiger partial charge in [-0.05, 0) is 51.0 Å². The summed E-state index contributed by atoms with van der Waals surface area (Å²) in [7, 11) is 1.74. The normalized spacial score (nSPS) is 11.9.